The summed E-state index contributed by atoms with van der Waals surface area (Å²) in [7, 11) is 0. The third-order valence-corrected chi connectivity index (χ3v) is 2.94. The number of nitrogens with zero attached hydrogens (tertiary/aromatic N) is 2. The summed E-state index contributed by atoms with van der Waals surface area (Å²) in [4.78, 5) is 18.8. The first-order chi connectivity index (χ1) is 9.15. The van der Waals surface area contributed by atoms with Gasteiger partial charge in [-0.15, -0.1) is 0 Å². The SMILES string of the molecule is CC(C)c1noc(-c2cc(=O)[nH]c3ccccc23)n1. The molecule has 0 saturated carbocycles. The van der Waals surface area contributed by atoms with Crippen molar-refractivity contribution in [3.63, 3.8) is 0 Å². The molecule has 3 aromatic rings. The Morgan fingerprint density at radius 3 is 2.79 bits per heavy atom. The third kappa shape index (κ3) is 2.03. The molecule has 5 nitrogen and oxygen atoms in total. The van der Waals surface area contributed by atoms with E-state index in [4.69, 9.17) is 4.52 Å². The second kappa shape index (κ2) is 4.35. The average molecular weight is 255 g/mol. The molecular formula is C14H13N3O2. The smallest absolute Gasteiger partial charge is 0.258 e. The fraction of sp³-hybridized carbons (Fsp3) is 0.214. The number of para-hydroxylation sites is 1. The zero-order chi connectivity index (χ0) is 13.4. The Labute approximate surface area is 109 Å². The van der Waals surface area contributed by atoms with Crippen LogP contribution in [0.2, 0.25) is 0 Å². The van der Waals surface area contributed by atoms with E-state index in [9.17, 15) is 4.79 Å². The van der Waals surface area contributed by atoms with Crippen LogP contribution in [-0.4, -0.2) is 15.1 Å². The third-order valence-electron chi connectivity index (χ3n) is 2.94. The van der Waals surface area contributed by atoms with Gasteiger partial charge in [0, 0.05) is 22.9 Å². The molecule has 96 valence electrons. The van der Waals surface area contributed by atoms with Crippen molar-refractivity contribution in [3.8, 4) is 11.5 Å². The quantitative estimate of drug-likeness (QED) is 0.764. The van der Waals surface area contributed by atoms with E-state index in [1.807, 2.05) is 38.1 Å². The summed E-state index contributed by atoms with van der Waals surface area (Å²) in [5, 5.41) is 4.82. The number of H-pyrrole nitrogens is 1. The molecule has 19 heavy (non-hydrogen) atoms. The summed E-state index contributed by atoms with van der Waals surface area (Å²) in [6.07, 6.45) is 0. The van der Waals surface area contributed by atoms with Crippen LogP contribution < -0.4 is 5.56 Å². The van der Waals surface area contributed by atoms with E-state index in [0.717, 1.165) is 10.9 Å². The van der Waals surface area contributed by atoms with Gasteiger partial charge in [-0.3, -0.25) is 4.79 Å². The summed E-state index contributed by atoms with van der Waals surface area (Å²) in [5.41, 5.74) is 1.24. The van der Waals surface area contributed by atoms with Crippen molar-refractivity contribution in [2.24, 2.45) is 0 Å². The predicted molar refractivity (Wildman–Crippen MR) is 71.9 cm³/mol. The highest BCUT2D eigenvalue weighted by Crippen LogP contribution is 2.25. The average Bonchev–Trinajstić information content (AvgIpc) is 2.87. The number of benzene rings is 1. The number of aromatic nitrogens is 3. The molecule has 0 saturated heterocycles. The molecule has 0 bridgehead atoms. The van der Waals surface area contributed by atoms with Crippen LogP contribution in [0.5, 0.6) is 0 Å². The molecule has 2 heterocycles. The highest BCUT2D eigenvalue weighted by Gasteiger charge is 2.14. The minimum absolute atomic E-state index is 0.182. The van der Waals surface area contributed by atoms with Crippen molar-refractivity contribution in [2.45, 2.75) is 19.8 Å². The van der Waals surface area contributed by atoms with Crippen LogP contribution in [0, 0.1) is 0 Å². The van der Waals surface area contributed by atoms with Gasteiger partial charge in [-0.2, -0.15) is 4.98 Å². The fourth-order valence-corrected chi connectivity index (χ4v) is 1.96. The fourth-order valence-electron chi connectivity index (χ4n) is 1.96. The van der Waals surface area contributed by atoms with Crippen LogP contribution in [0.1, 0.15) is 25.6 Å². The molecule has 0 aliphatic carbocycles. The van der Waals surface area contributed by atoms with Crippen molar-refractivity contribution >= 4 is 10.9 Å². The van der Waals surface area contributed by atoms with Crippen molar-refractivity contribution in [2.75, 3.05) is 0 Å². The number of fused-ring (bicyclic) bond motifs is 1. The second-order valence-electron chi connectivity index (χ2n) is 4.71. The van der Waals surface area contributed by atoms with Gasteiger partial charge in [0.2, 0.25) is 5.56 Å². The van der Waals surface area contributed by atoms with E-state index in [1.54, 1.807) is 0 Å². The first kappa shape index (κ1) is 11.6. The zero-order valence-electron chi connectivity index (χ0n) is 10.7. The molecule has 0 radical (unpaired) electrons. The van der Waals surface area contributed by atoms with Crippen LogP contribution in [0.15, 0.2) is 39.6 Å². The van der Waals surface area contributed by atoms with Gasteiger partial charge in [-0.25, -0.2) is 0 Å². The molecule has 0 unspecified atom stereocenters. The Hall–Kier alpha value is -2.43. The van der Waals surface area contributed by atoms with Crippen molar-refractivity contribution in [3.05, 3.63) is 46.5 Å². The van der Waals surface area contributed by atoms with Crippen LogP contribution in [0.4, 0.5) is 0 Å². The summed E-state index contributed by atoms with van der Waals surface area (Å²) in [5.74, 6) is 1.20. The van der Waals surface area contributed by atoms with Gasteiger partial charge in [-0.1, -0.05) is 37.2 Å². The van der Waals surface area contributed by atoms with E-state index in [2.05, 4.69) is 15.1 Å². The number of hydrogen-bond acceptors (Lipinski definition) is 4. The van der Waals surface area contributed by atoms with E-state index in [0.29, 0.717) is 17.3 Å². The lowest BCUT2D eigenvalue weighted by Gasteiger charge is -2.01. The van der Waals surface area contributed by atoms with E-state index >= 15 is 0 Å². The van der Waals surface area contributed by atoms with Gasteiger partial charge in [0.05, 0.1) is 5.56 Å². The van der Waals surface area contributed by atoms with Gasteiger partial charge in [0.1, 0.15) is 0 Å². The molecule has 0 amide bonds. The summed E-state index contributed by atoms with van der Waals surface area (Å²) >= 11 is 0. The maximum atomic E-state index is 11.7. The molecule has 0 spiro atoms. The maximum Gasteiger partial charge on any atom is 0.258 e. The van der Waals surface area contributed by atoms with Crippen molar-refractivity contribution in [1.29, 1.82) is 0 Å². The number of rotatable bonds is 2. The van der Waals surface area contributed by atoms with Crippen LogP contribution in [0.3, 0.4) is 0 Å². The molecule has 0 fully saturated rings. The normalized spacial score (nSPS) is 11.3. The predicted octanol–water partition coefficient (Wildman–Crippen LogP) is 2.70. The lowest BCUT2D eigenvalue weighted by atomic mass is 10.1. The summed E-state index contributed by atoms with van der Waals surface area (Å²) < 4.78 is 5.26. The monoisotopic (exact) mass is 255 g/mol. The van der Waals surface area contributed by atoms with Crippen LogP contribution in [-0.2, 0) is 0 Å². The van der Waals surface area contributed by atoms with Crippen LogP contribution >= 0.6 is 0 Å². The Morgan fingerprint density at radius 2 is 2.05 bits per heavy atom. The number of pyridine rings is 1. The molecule has 1 N–H and O–H groups in total. The Balaban J connectivity index is 2.26. The first-order valence-corrected chi connectivity index (χ1v) is 6.11. The Bertz CT molecular complexity index is 786. The largest absolute Gasteiger partial charge is 0.334 e. The molecule has 5 heteroatoms. The standard InChI is InChI=1S/C14H13N3O2/c1-8(2)13-16-14(19-17-13)10-7-12(18)15-11-6-4-3-5-9(10)11/h3-8H,1-2H3,(H,15,18). The molecule has 1 aromatic carbocycles. The van der Waals surface area contributed by atoms with E-state index in [1.165, 1.54) is 6.07 Å². The molecular weight excluding hydrogens is 242 g/mol. The molecule has 0 aliphatic rings. The van der Waals surface area contributed by atoms with Gasteiger partial charge >= 0.3 is 0 Å². The number of aromatic amines is 1. The minimum atomic E-state index is -0.182. The maximum absolute atomic E-state index is 11.7. The van der Waals surface area contributed by atoms with Gasteiger partial charge in [0.15, 0.2) is 5.82 Å². The van der Waals surface area contributed by atoms with E-state index in [-0.39, 0.29) is 11.5 Å². The van der Waals surface area contributed by atoms with Gasteiger partial charge in [0.25, 0.3) is 5.89 Å². The molecule has 2 aromatic heterocycles. The lowest BCUT2D eigenvalue weighted by Crippen LogP contribution is -2.04. The molecule has 0 atom stereocenters. The lowest BCUT2D eigenvalue weighted by molar-refractivity contribution is 0.419. The highest BCUT2D eigenvalue weighted by molar-refractivity contribution is 5.91. The zero-order valence-corrected chi connectivity index (χ0v) is 10.7. The summed E-state index contributed by atoms with van der Waals surface area (Å²) in [6.45, 7) is 3.98. The highest BCUT2D eigenvalue weighted by atomic mass is 16.5. The number of hydrogen-bond donors (Lipinski definition) is 1. The van der Waals surface area contributed by atoms with Crippen molar-refractivity contribution < 1.29 is 4.52 Å². The number of nitrogens with one attached hydrogen (secondary N) is 1. The summed E-state index contributed by atoms with van der Waals surface area (Å²) in [6, 6.07) is 9.03. The topological polar surface area (TPSA) is 71.8 Å². The second-order valence-corrected chi connectivity index (χ2v) is 4.71. The van der Waals surface area contributed by atoms with Crippen molar-refractivity contribution in [1.82, 2.24) is 15.1 Å². The first-order valence-electron chi connectivity index (χ1n) is 6.11. The molecule has 3 rings (SSSR count). The van der Waals surface area contributed by atoms with Gasteiger partial charge in [-0.05, 0) is 6.07 Å². The molecule has 0 aliphatic heterocycles. The Kier molecular flexibility index (Phi) is 2.67. The van der Waals surface area contributed by atoms with E-state index < -0.39 is 0 Å². The van der Waals surface area contributed by atoms with Crippen LogP contribution in [0.25, 0.3) is 22.4 Å². The van der Waals surface area contributed by atoms with Gasteiger partial charge < -0.3 is 9.51 Å². The Morgan fingerprint density at radius 1 is 1.26 bits per heavy atom. The minimum Gasteiger partial charge on any atom is -0.334 e.